The van der Waals surface area contributed by atoms with Crippen LogP contribution in [0.4, 0.5) is 0 Å². The average molecular weight is 421 g/mol. The van der Waals surface area contributed by atoms with E-state index in [0.717, 1.165) is 57.4 Å². The summed E-state index contributed by atoms with van der Waals surface area (Å²) in [6, 6.07) is 8.83. The van der Waals surface area contributed by atoms with Gasteiger partial charge in [0, 0.05) is 27.4 Å². The summed E-state index contributed by atoms with van der Waals surface area (Å²) in [6.45, 7) is 8.15. The summed E-state index contributed by atoms with van der Waals surface area (Å²) >= 11 is 3.58. The van der Waals surface area contributed by atoms with Crippen LogP contribution in [0.1, 0.15) is 45.6 Å². The second kappa shape index (κ2) is 7.25. The maximum Gasteiger partial charge on any atom is 0.109 e. The predicted octanol–water partition coefficient (Wildman–Crippen LogP) is 6.34. The van der Waals surface area contributed by atoms with Crippen LogP contribution in [-0.4, -0.2) is 22.9 Å². The van der Waals surface area contributed by atoms with Crippen LogP contribution in [0.15, 0.2) is 34.9 Å². The Morgan fingerprint density at radius 3 is 2.40 bits per heavy atom. The van der Waals surface area contributed by atoms with Crippen molar-refractivity contribution in [1.29, 1.82) is 0 Å². The summed E-state index contributed by atoms with van der Waals surface area (Å²) < 4.78 is 16.1. The van der Waals surface area contributed by atoms with Gasteiger partial charge in [-0.15, -0.1) is 0 Å². The molecule has 2 heterocycles. The van der Waals surface area contributed by atoms with Crippen LogP contribution in [0, 0.1) is 0 Å². The third-order valence-electron chi connectivity index (χ3n) is 4.82. The number of halogens is 1. The van der Waals surface area contributed by atoms with Crippen molar-refractivity contribution >= 4 is 50.3 Å². The lowest BCUT2D eigenvalue weighted by Gasteiger charge is -2.21. The average Bonchev–Trinajstić information content (AvgIpc) is 2.86. The summed E-state index contributed by atoms with van der Waals surface area (Å²) in [6.07, 6.45) is 6.43. The molecule has 0 amide bonds. The minimum atomic E-state index is -2.30. The smallest absolute Gasteiger partial charge is 0.109 e. The molecule has 3 rings (SSSR count). The summed E-state index contributed by atoms with van der Waals surface area (Å²) in [4.78, 5) is 4.69. The van der Waals surface area contributed by atoms with Crippen molar-refractivity contribution in [3.8, 4) is 0 Å². The van der Waals surface area contributed by atoms with E-state index in [-0.39, 0.29) is 0 Å². The first-order chi connectivity index (χ1) is 11.9. The number of hydrogen-bond acceptors (Lipinski definition) is 2. The van der Waals surface area contributed by atoms with Crippen molar-refractivity contribution in [3.05, 3.63) is 34.9 Å². The van der Waals surface area contributed by atoms with E-state index in [1.807, 2.05) is 25.6 Å². The van der Waals surface area contributed by atoms with Gasteiger partial charge in [0.1, 0.15) is 7.14 Å². The van der Waals surface area contributed by atoms with Crippen LogP contribution in [0.25, 0.3) is 21.9 Å². The van der Waals surface area contributed by atoms with Crippen molar-refractivity contribution in [2.24, 2.45) is 0 Å². The number of fused-ring (bicyclic) bond motifs is 3. The van der Waals surface area contributed by atoms with E-state index < -0.39 is 7.14 Å². The molecule has 0 radical (unpaired) electrons. The monoisotopic (exact) mass is 420 g/mol. The second-order valence-corrected chi connectivity index (χ2v) is 11.3. The van der Waals surface area contributed by atoms with Crippen LogP contribution in [-0.2, 0) is 4.57 Å². The summed E-state index contributed by atoms with van der Waals surface area (Å²) in [5, 5.41) is 2.09. The molecule has 0 fully saturated rings. The van der Waals surface area contributed by atoms with Crippen LogP contribution in [0.3, 0.4) is 0 Å². The maximum absolute atomic E-state index is 12.6. The number of aromatic nitrogens is 2. The molecule has 0 atom stereocenters. The summed E-state index contributed by atoms with van der Waals surface area (Å²) in [7, 11) is -2.30. The Labute approximate surface area is 158 Å². The van der Waals surface area contributed by atoms with Gasteiger partial charge in [-0.2, -0.15) is 0 Å². The molecule has 2 aromatic heterocycles. The zero-order valence-electron chi connectivity index (χ0n) is 15.4. The summed E-state index contributed by atoms with van der Waals surface area (Å²) in [5.41, 5.74) is 3.35. The van der Waals surface area contributed by atoms with Crippen molar-refractivity contribution in [3.63, 3.8) is 0 Å². The maximum atomic E-state index is 12.6. The van der Waals surface area contributed by atoms with Gasteiger partial charge < -0.3 is 9.13 Å². The molecule has 0 spiro atoms. The number of benzene rings is 1. The third kappa shape index (κ3) is 3.57. The zero-order valence-corrected chi connectivity index (χ0v) is 17.9. The van der Waals surface area contributed by atoms with Crippen LogP contribution >= 0.6 is 23.1 Å². The number of hydrogen-bond donors (Lipinski definition) is 0. The third-order valence-corrected chi connectivity index (χ3v) is 6.78. The van der Waals surface area contributed by atoms with Gasteiger partial charge in [0.25, 0.3) is 0 Å². The van der Waals surface area contributed by atoms with Gasteiger partial charge in [0.2, 0.25) is 0 Å². The Bertz CT molecular complexity index is 951. The quantitative estimate of drug-likeness (QED) is 0.435. The molecular formula is C20H26BrN2OP. The molecule has 1 aromatic carbocycles. The zero-order chi connectivity index (χ0) is 18.2. The molecule has 0 N–H and O–H groups in total. The molecule has 0 saturated heterocycles. The number of rotatable bonds is 6. The largest absolute Gasteiger partial charge is 0.336 e. The Kier molecular flexibility index (Phi) is 5.41. The lowest BCUT2D eigenvalue weighted by molar-refractivity contribution is 0.447. The Balaban J connectivity index is 2.38. The fraction of sp³-hybridized carbons (Fsp3) is 0.450. The van der Waals surface area contributed by atoms with E-state index in [1.165, 1.54) is 0 Å². The molecule has 25 heavy (non-hydrogen) atoms. The van der Waals surface area contributed by atoms with Crippen molar-refractivity contribution in [2.75, 3.05) is 13.3 Å². The van der Waals surface area contributed by atoms with E-state index in [2.05, 4.69) is 57.5 Å². The fourth-order valence-corrected chi connectivity index (χ4v) is 4.85. The molecule has 0 unspecified atom stereocenters. The van der Waals surface area contributed by atoms with E-state index >= 15 is 0 Å². The van der Waals surface area contributed by atoms with Gasteiger partial charge in [-0.05, 0) is 60.3 Å². The molecule has 0 aliphatic rings. The van der Waals surface area contributed by atoms with E-state index in [1.54, 1.807) is 0 Å². The van der Waals surface area contributed by atoms with E-state index in [4.69, 9.17) is 0 Å². The van der Waals surface area contributed by atoms with E-state index in [9.17, 15) is 4.57 Å². The fourth-order valence-electron chi connectivity index (χ4n) is 3.67. The molecule has 3 aromatic rings. The Morgan fingerprint density at radius 1 is 1.12 bits per heavy atom. The van der Waals surface area contributed by atoms with Crippen LogP contribution < -0.4 is 5.30 Å². The Hall–Kier alpha value is -1.12. The highest BCUT2D eigenvalue weighted by atomic mass is 79.9. The lowest BCUT2D eigenvalue weighted by Crippen LogP contribution is -2.10. The van der Waals surface area contributed by atoms with Gasteiger partial charge in [-0.25, -0.2) is 0 Å². The first-order valence-corrected chi connectivity index (χ1v) is 12.4. The van der Waals surface area contributed by atoms with Gasteiger partial charge in [0.05, 0.1) is 16.6 Å². The normalized spacial score (nSPS) is 12.6. The van der Waals surface area contributed by atoms with Crippen molar-refractivity contribution < 1.29 is 4.57 Å². The topological polar surface area (TPSA) is 34.9 Å². The van der Waals surface area contributed by atoms with Crippen molar-refractivity contribution in [1.82, 2.24) is 9.55 Å². The minimum Gasteiger partial charge on any atom is -0.336 e. The molecule has 3 nitrogen and oxygen atoms in total. The molecular weight excluding hydrogens is 395 g/mol. The minimum absolute atomic E-state index is 0.439. The van der Waals surface area contributed by atoms with Gasteiger partial charge in [-0.1, -0.05) is 32.8 Å². The number of pyridine rings is 1. The lowest BCUT2D eigenvalue weighted by atomic mass is 10.1. The predicted molar refractivity (Wildman–Crippen MR) is 113 cm³/mol. The van der Waals surface area contributed by atoms with E-state index in [0.29, 0.717) is 6.04 Å². The van der Waals surface area contributed by atoms with Crippen molar-refractivity contribution in [2.45, 2.75) is 45.6 Å². The second-order valence-electron chi connectivity index (χ2n) is 7.17. The van der Waals surface area contributed by atoms with Crippen LogP contribution in [0.5, 0.6) is 0 Å². The molecule has 0 bridgehead atoms. The highest BCUT2D eigenvalue weighted by Crippen LogP contribution is 2.39. The molecule has 0 aliphatic carbocycles. The Morgan fingerprint density at radius 2 is 1.80 bits per heavy atom. The molecule has 134 valence electrons. The highest BCUT2D eigenvalue weighted by Gasteiger charge is 2.21. The molecule has 5 heteroatoms. The molecule has 0 saturated carbocycles. The molecule has 0 aliphatic heterocycles. The first-order valence-electron chi connectivity index (χ1n) is 9.01. The van der Waals surface area contributed by atoms with Gasteiger partial charge in [-0.3, -0.25) is 4.98 Å². The van der Waals surface area contributed by atoms with Crippen LogP contribution in [0.2, 0.25) is 0 Å². The van der Waals surface area contributed by atoms with Gasteiger partial charge >= 0.3 is 0 Å². The SMILES string of the molecule is CCCC(CCC)n1c2cc(P(C)(C)=O)ccc2c2ncc(Br)cc21. The first kappa shape index (κ1) is 18.7. The highest BCUT2D eigenvalue weighted by molar-refractivity contribution is 9.10. The summed E-state index contributed by atoms with van der Waals surface area (Å²) in [5.74, 6) is 0. The number of nitrogens with zero attached hydrogens (tertiary/aromatic N) is 2. The standard InChI is InChI=1S/C20H26BrN2OP/c1-5-7-15(8-6-2)23-18-12-16(25(3,4)24)9-10-17(18)20-19(23)11-14(21)13-22-20/h9-13,15H,5-8H2,1-4H3. The van der Waals surface area contributed by atoms with Gasteiger partial charge in [0.15, 0.2) is 0 Å².